The predicted molar refractivity (Wildman–Crippen MR) is 121 cm³/mol. The van der Waals surface area contributed by atoms with Crippen LogP contribution in [0.5, 0.6) is 0 Å². The summed E-state index contributed by atoms with van der Waals surface area (Å²) in [6.45, 7) is 8.29. The number of carbonyl (C=O) groups is 1. The smallest absolute Gasteiger partial charge is 0.249 e. The number of carbonyl (C=O) groups excluding carboxylic acids is 1. The molecule has 1 aromatic heterocycles. The highest BCUT2D eigenvalue weighted by atomic mass is 16.2. The average Bonchev–Trinajstić information content (AvgIpc) is 3.23. The number of hydrazone groups is 2. The Morgan fingerprint density at radius 3 is 2.66 bits per heavy atom. The lowest BCUT2D eigenvalue weighted by molar-refractivity contribution is -0.214. The number of nitriles is 1. The van der Waals surface area contributed by atoms with E-state index in [2.05, 4.69) is 33.0 Å². The molecule has 1 aliphatic heterocycles. The van der Waals surface area contributed by atoms with Crippen molar-refractivity contribution >= 4 is 24.5 Å². The van der Waals surface area contributed by atoms with E-state index in [-0.39, 0.29) is 22.8 Å². The molecule has 6 rings (SSSR count). The maximum atomic E-state index is 13.4. The predicted octanol–water partition coefficient (Wildman–Crippen LogP) is 3.52. The first kappa shape index (κ1) is 20.3. The zero-order valence-electron chi connectivity index (χ0n) is 18.3. The highest BCUT2D eigenvalue weighted by Crippen LogP contribution is 2.74. The van der Waals surface area contributed by atoms with Crippen molar-refractivity contribution in [1.29, 1.82) is 5.26 Å². The molecule has 0 N–H and O–H groups in total. The molecular formula is C24H25N7O. The van der Waals surface area contributed by atoms with E-state index in [1.54, 1.807) is 29.7 Å². The Labute approximate surface area is 187 Å². The lowest BCUT2D eigenvalue weighted by Gasteiger charge is -2.70. The van der Waals surface area contributed by atoms with E-state index in [0.29, 0.717) is 17.8 Å². The number of hydrogen-bond acceptors (Lipinski definition) is 7. The summed E-state index contributed by atoms with van der Waals surface area (Å²) >= 11 is 0. The van der Waals surface area contributed by atoms with Gasteiger partial charge in [-0.15, -0.1) is 0 Å². The Morgan fingerprint density at radius 1 is 1.31 bits per heavy atom. The number of aromatic nitrogens is 2. The molecule has 1 aromatic carbocycles. The third-order valence-corrected chi connectivity index (χ3v) is 7.08. The van der Waals surface area contributed by atoms with E-state index >= 15 is 0 Å². The first-order chi connectivity index (χ1) is 15.4. The molecule has 0 radical (unpaired) electrons. The second-order valence-corrected chi connectivity index (χ2v) is 9.39. The summed E-state index contributed by atoms with van der Waals surface area (Å²) in [5, 5.41) is 21.3. The topological polar surface area (TPSA) is 97.8 Å². The standard InChI is InChI=1S/C24H25N7O/c1-16-8-18(9-25)4-5-20(16)30(26-3)15-23-12-24(13-23,14-23)22(32)31-21(6-7-29-31)19-10-27-17(2)28-11-19/h4-5,7-8,10-11,21H,3,6,12-15H2,1-2H3. The molecule has 2 bridgehead atoms. The SMILES string of the molecule is C=NN(CC12CC(C(=O)N3N=CCC3c3cnc(C)nc3)(C1)C2)c1ccc(C#N)cc1C. The first-order valence-corrected chi connectivity index (χ1v) is 10.8. The van der Waals surface area contributed by atoms with Crippen LogP contribution in [-0.2, 0) is 4.79 Å². The molecule has 3 fully saturated rings. The molecule has 162 valence electrons. The molecule has 1 unspecified atom stereocenters. The van der Waals surface area contributed by atoms with Gasteiger partial charge in [-0.05, 0) is 62.3 Å². The van der Waals surface area contributed by atoms with Gasteiger partial charge in [0.05, 0.1) is 28.8 Å². The normalized spacial score (nSPS) is 27.3. The molecule has 3 saturated carbocycles. The fourth-order valence-electron chi connectivity index (χ4n) is 5.64. The van der Waals surface area contributed by atoms with E-state index in [9.17, 15) is 4.79 Å². The Hall–Kier alpha value is -3.60. The molecule has 32 heavy (non-hydrogen) atoms. The van der Waals surface area contributed by atoms with Crippen LogP contribution < -0.4 is 5.01 Å². The van der Waals surface area contributed by atoms with Crippen LogP contribution in [0.3, 0.4) is 0 Å². The molecule has 8 heteroatoms. The van der Waals surface area contributed by atoms with Gasteiger partial charge in [0, 0.05) is 43.9 Å². The van der Waals surface area contributed by atoms with Crippen molar-refractivity contribution in [2.45, 2.75) is 45.6 Å². The summed E-state index contributed by atoms with van der Waals surface area (Å²) in [5.41, 5.74) is 3.24. The Balaban J connectivity index is 1.26. The summed E-state index contributed by atoms with van der Waals surface area (Å²) in [4.78, 5) is 22.0. The number of rotatable bonds is 6. The van der Waals surface area contributed by atoms with Gasteiger partial charge in [0.1, 0.15) is 5.82 Å². The van der Waals surface area contributed by atoms with E-state index in [0.717, 1.165) is 42.6 Å². The van der Waals surface area contributed by atoms with Crippen LogP contribution in [0.2, 0.25) is 0 Å². The summed E-state index contributed by atoms with van der Waals surface area (Å²) in [6, 6.07) is 7.62. The monoisotopic (exact) mass is 427 g/mol. The van der Waals surface area contributed by atoms with Gasteiger partial charge in [0.2, 0.25) is 5.91 Å². The van der Waals surface area contributed by atoms with Crippen LogP contribution in [0.15, 0.2) is 40.8 Å². The Kier molecular flexibility index (Phi) is 4.59. The molecule has 1 atom stereocenters. The van der Waals surface area contributed by atoms with Gasteiger partial charge in [0.15, 0.2) is 0 Å². The number of amides is 1. The van der Waals surface area contributed by atoms with Gasteiger partial charge in [-0.25, -0.2) is 15.0 Å². The van der Waals surface area contributed by atoms with Crippen molar-refractivity contribution < 1.29 is 4.79 Å². The fraction of sp³-hybridized carbons (Fsp3) is 0.417. The van der Waals surface area contributed by atoms with Crippen molar-refractivity contribution in [2.24, 2.45) is 21.0 Å². The number of aryl methyl sites for hydroxylation is 2. The van der Waals surface area contributed by atoms with Crippen molar-refractivity contribution in [3.8, 4) is 6.07 Å². The highest BCUT2D eigenvalue weighted by molar-refractivity contribution is 5.88. The van der Waals surface area contributed by atoms with Crippen LogP contribution in [0, 0.1) is 36.0 Å². The van der Waals surface area contributed by atoms with Crippen LogP contribution in [0.1, 0.15) is 54.2 Å². The summed E-state index contributed by atoms with van der Waals surface area (Å²) in [7, 11) is 0. The molecular weight excluding hydrogens is 402 g/mol. The fourth-order valence-corrected chi connectivity index (χ4v) is 5.64. The molecule has 2 heterocycles. The van der Waals surface area contributed by atoms with Crippen molar-refractivity contribution in [2.75, 3.05) is 11.6 Å². The first-order valence-electron chi connectivity index (χ1n) is 10.8. The Bertz CT molecular complexity index is 1140. The molecule has 2 aromatic rings. The lowest BCUT2D eigenvalue weighted by Crippen LogP contribution is -2.70. The van der Waals surface area contributed by atoms with E-state index in [4.69, 9.17) is 5.26 Å². The largest absolute Gasteiger partial charge is 0.272 e. The summed E-state index contributed by atoms with van der Waals surface area (Å²) in [5.74, 6) is 0.816. The number of nitrogens with zero attached hydrogens (tertiary/aromatic N) is 7. The minimum Gasteiger partial charge on any atom is -0.272 e. The van der Waals surface area contributed by atoms with Crippen molar-refractivity contribution in [1.82, 2.24) is 15.0 Å². The van der Waals surface area contributed by atoms with Crippen LogP contribution in [0.25, 0.3) is 0 Å². The van der Waals surface area contributed by atoms with E-state index in [1.807, 2.05) is 31.0 Å². The van der Waals surface area contributed by atoms with Crippen LogP contribution in [0.4, 0.5) is 5.69 Å². The van der Waals surface area contributed by atoms with Gasteiger partial charge < -0.3 is 0 Å². The zero-order chi connectivity index (χ0) is 22.5. The second kappa shape index (κ2) is 7.23. The van der Waals surface area contributed by atoms with Crippen LogP contribution in [-0.4, -0.2) is 40.4 Å². The van der Waals surface area contributed by atoms with E-state index in [1.165, 1.54) is 0 Å². The maximum Gasteiger partial charge on any atom is 0.249 e. The third-order valence-electron chi connectivity index (χ3n) is 7.08. The molecule has 8 nitrogen and oxygen atoms in total. The van der Waals surface area contributed by atoms with Crippen molar-refractivity contribution in [3.63, 3.8) is 0 Å². The van der Waals surface area contributed by atoms with Gasteiger partial charge in [-0.1, -0.05) is 0 Å². The average molecular weight is 428 g/mol. The van der Waals surface area contributed by atoms with Gasteiger partial charge in [-0.3, -0.25) is 9.80 Å². The minimum atomic E-state index is -0.321. The minimum absolute atomic E-state index is 0.0725. The molecule has 1 amide bonds. The number of benzene rings is 1. The maximum absolute atomic E-state index is 13.4. The number of hydrogen-bond donors (Lipinski definition) is 0. The molecule has 0 spiro atoms. The Morgan fingerprint density at radius 2 is 2.03 bits per heavy atom. The molecule has 0 saturated heterocycles. The second-order valence-electron chi connectivity index (χ2n) is 9.39. The number of anilines is 1. The van der Waals surface area contributed by atoms with Gasteiger partial charge >= 0.3 is 0 Å². The van der Waals surface area contributed by atoms with Crippen LogP contribution >= 0.6 is 0 Å². The summed E-state index contributed by atoms with van der Waals surface area (Å²) < 4.78 is 0. The van der Waals surface area contributed by atoms with Gasteiger partial charge in [-0.2, -0.15) is 15.5 Å². The third kappa shape index (κ3) is 3.08. The summed E-state index contributed by atoms with van der Waals surface area (Å²) in [6.07, 6.45) is 8.58. The zero-order valence-corrected chi connectivity index (χ0v) is 18.3. The molecule has 3 aliphatic carbocycles. The highest BCUT2D eigenvalue weighted by Gasteiger charge is 2.72. The lowest BCUT2D eigenvalue weighted by atomic mass is 9.34. The van der Waals surface area contributed by atoms with Crippen molar-refractivity contribution in [3.05, 3.63) is 53.1 Å². The van der Waals surface area contributed by atoms with Gasteiger partial charge in [0.25, 0.3) is 0 Å². The van der Waals surface area contributed by atoms with E-state index < -0.39 is 0 Å². The quantitative estimate of drug-likeness (QED) is 0.519. The molecule has 4 aliphatic rings.